The third kappa shape index (κ3) is 4.53. The summed E-state index contributed by atoms with van der Waals surface area (Å²) in [5, 5.41) is 11.7. The molecule has 2 aromatic heterocycles. The van der Waals surface area contributed by atoms with Gasteiger partial charge in [0.15, 0.2) is 0 Å². The van der Waals surface area contributed by atoms with Crippen LogP contribution in [0.25, 0.3) is 6.08 Å². The Kier molecular flexibility index (Phi) is 5.02. The van der Waals surface area contributed by atoms with Gasteiger partial charge in [-0.3, -0.25) is 15.1 Å². The number of benzene rings is 1. The van der Waals surface area contributed by atoms with E-state index in [0.29, 0.717) is 16.6 Å². The second kappa shape index (κ2) is 7.56. The largest absolute Gasteiger partial charge is 0.297 e. The zero-order chi connectivity index (χ0) is 16.8. The first-order valence-electron chi connectivity index (χ1n) is 7.15. The average Bonchev–Trinajstić information content (AvgIpc) is 3.01. The number of nitrogens with one attached hydrogen (secondary N) is 1. The number of carbonyl (C=O) groups excluding carboxylic acids is 1. The van der Waals surface area contributed by atoms with Gasteiger partial charge in [0.05, 0.1) is 0 Å². The summed E-state index contributed by atoms with van der Waals surface area (Å²) in [7, 11) is 0. The SMILES string of the molecule is O=C(C=Cc1ccncc1)Nc1nnc(Cc2cccc(F)c2)s1. The van der Waals surface area contributed by atoms with Gasteiger partial charge in [-0.05, 0) is 41.5 Å². The van der Waals surface area contributed by atoms with E-state index in [1.807, 2.05) is 6.07 Å². The van der Waals surface area contributed by atoms with E-state index in [1.54, 1.807) is 36.7 Å². The van der Waals surface area contributed by atoms with E-state index in [0.717, 1.165) is 11.1 Å². The molecule has 0 radical (unpaired) electrons. The number of rotatable bonds is 5. The number of halogens is 1. The predicted octanol–water partition coefficient (Wildman–Crippen LogP) is 3.31. The summed E-state index contributed by atoms with van der Waals surface area (Å²) in [4.78, 5) is 15.8. The van der Waals surface area contributed by atoms with Gasteiger partial charge in [0, 0.05) is 24.9 Å². The van der Waals surface area contributed by atoms with Crippen LogP contribution in [-0.2, 0) is 11.2 Å². The first kappa shape index (κ1) is 15.9. The fourth-order valence-corrected chi connectivity index (χ4v) is 2.77. The predicted molar refractivity (Wildman–Crippen MR) is 91.0 cm³/mol. The van der Waals surface area contributed by atoms with E-state index in [9.17, 15) is 9.18 Å². The number of amides is 1. The molecule has 0 unspecified atom stereocenters. The second-order valence-electron chi connectivity index (χ2n) is 4.91. The topological polar surface area (TPSA) is 67.8 Å². The van der Waals surface area contributed by atoms with Crippen molar-refractivity contribution in [2.45, 2.75) is 6.42 Å². The van der Waals surface area contributed by atoms with E-state index in [1.165, 1.54) is 29.5 Å². The summed E-state index contributed by atoms with van der Waals surface area (Å²) in [6.45, 7) is 0. The zero-order valence-corrected chi connectivity index (χ0v) is 13.3. The highest BCUT2D eigenvalue weighted by molar-refractivity contribution is 7.15. The van der Waals surface area contributed by atoms with Crippen LogP contribution in [0.4, 0.5) is 9.52 Å². The van der Waals surface area contributed by atoms with Crippen LogP contribution in [0.15, 0.2) is 54.9 Å². The number of carbonyl (C=O) groups is 1. The monoisotopic (exact) mass is 340 g/mol. The summed E-state index contributed by atoms with van der Waals surface area (Å²) in [6, 6.07) is 9.91. The zero-order valence-electron chi connectivity index (χ0n) is 12.5. The van der Waals surface area contributed by atoms with Crippen molar-refractivity contribution in [3.8, 4) is 0 Å². The molecule has 0 fully saturated rings. The molecule has 2 heterocycles. The number of nitrogens with zero attached hydrogens (tertiary/aromatic N) is 3. The van der Waals surface area contributed by atoms with Crippen molar-refractivity contribution in [2.24, 2.45) is 0 Å². The molecule has 24 heavy (non-hydrogen) atoms. The molecule has 5 nitrogen and oxygen atoms in total. The normalized spacial score (nSPS) is 10.9. The third-order valence-corrected chi connectivity index (χ3v) is 3.91. The van der Waals surface area contributed by atoms with E-state index < -0.39 is 0 Å². The minimum absolute atomic E-state index is 0.285. The maximum atomic E-state index is 13.2. The van der Waals surface area contributed by atoms with Crippen LogP contribution < -0.4 is 5.32 Å². The summed E-state index contributed by atoms with van der Waals surface area (Å²) in [5.74, 6) is -0.577. The van der Waals surface area contributed by atoms with Gasteiger partial charge in [-0.1, -0.05) is 23.5 Å². The molecule has 1 aromatic carbocycles. The molecule has 0 saturated carbocycles. The maximum absolute atomic E-state index is 13.2. The molecule has 0 aliphatic heterocycles. The molecule has 0 atom stereocenters. The van der Waals surface area contributed by atoms with Crippen LogP contribution in [0.2, 0.25) is 0 Å². The minimum atomic E-state index is -0.291. The minimum Gasteiger partial charge on any atom is -0.297 e. The average molecular weight is 340 g/mol. The van der Waals surface area contributed by atoms with E-state index in [2.05, 4.69) is 20.5 Å². The number of aromatic nitrogens is 3. The van der Waals surface area contributed by atoms with Gasteiger partial charge in [-0.15, -0.1) is 10.2 Å². The summed E-state index contributed by atoms with van der Waals surface area (Å²) in [5.41, 5.74) is 1.69. The summed E-state index contributed by atoms with van der Waals surface area (Å²) in [6.07, 6.45) is 6.88. The third-order valence-electron chi connectivity index (χ3n) is 3.07. The van der Waals surface area contributed by atoms with Gasteiger partial charge in [0.25, 0.3) is 0 Å². The molecule has 0 spiro atoms. The number of anilines is 1. The highest BCUT2D eigenvalue weighted by Gasteiger charge is 2.07. The first-order chi connectivity index (χ1) is 11.7. The Hall–Kier alpha value is -2.93. The molecule has 3 aromatic rings. The Morgan fingerprint density at radius 1 is 1.21 bits per heavy atom. The lowest BCUT2D eigenvalue weighted by Gasteiger charge is -1.97. The highest BCUT2D eigenvalue weighted by Crippen LogP contribution is 2.19. The quantitative estimate of drug-likeness (QED) is 0.724. The van der Waals surface area contributed by atoms with Gasteiger partial charge >= 0.3 is 0 Å². The van der Waals surface area contributed by atoms with Crippen molar-refractivity contribution in [1.29, 1.82) is 0 Å². The lowest BCUT2D eigenvalue weighted by Crippen LogP contribution is -2.07. The number of pyridine rings is 1. The van der Waals surface area contributed by atoms with Crippen LogP contribution in [0.5, 0.6) is 0 Å². The maximum Gasteiger partial charge on any atom is 0.250 e. The molecule has 0 bridgehead atoms. The molecular weight excluding hydrogens is 327 g/mol. The van der Waals surface area contributed by atoms with Crippen molar-refractivity contribution < 1.29 is 9.18 Å². The van der Waals surface area contributed by atoms with E-state index in [-0.39, 0.29) is 11.7 Å². The number of hydrogen-bond donors (Lipinski definition) is 1. The summed E-state index contributed by atoms with van der Waals surface area (Å²) >= 11 is 1.26. The van der Waals surface area contributed by atoms with Gasteiger partial charge in [0.1, 0.15) is 10.8 Å². The van der Waals surface area contributed by atoms with Crippen LogP contribution in [0, 0.1) is 5.82 Å². The molecule has 1 amide bonds. The van der Waals surface area contributed by atoms with Crippen LogP contribution in [-0.4, -0.2) is 21.1 Å². The van der Waals surface area contributed by atoms with Crippen LogP contribution >= 0.6 is 11.3 Å². The Balaban J connectivity index is 1.59. The van der Waals surface area contributed by atoms with Crippen molar-refractivity contribution >= 4 is 28.5 Å². The standard InChI is InChI=1S/C17H13FN4OS/c18-14-3-1-2-13(10-14)11-16-21-22-17(24-16)20-15(23)5-4-12-6-8-19-9-7-12/h1-10H,11H2,(H,20,22,23). The molecule has 7 heteroatoms. The van der Waals surface area contributed by atoms with Gasteiger partial charge in [-0.25, -0.2) is 4.39 Å². The van der Waals surface area contributed by atoms with Gasteiger partial charge in [-0.2, -0.15) is 0 Å². The summed E-state index contributed by atoms with van der Waals surface area (Å²) < 4.78 is 13.2. The lowest BCUT2D eigenvalue weighted by molar-refractivity contribution is -0.111. The van der Waals surface area contributed by atoms with Crippen molar-refractivity contribution in [2.75, 3.05) is 5.32 Å². The van der Waals surface area contributed by atoms with E-state index in [4.69, 9.17) is 0 Å². The van der Waals surface area contributed by atoms with Crippen molar-refractivity contribution in [1.82, 2.24) is 15.2 Å². The fraction of sp³-hybridized carbons (Fsp3) is 0.0588. The van der Waals surface area contributed by atoms with Crippen LogP contribution in [0.3, 0.4) is 0 Å². The molecule has 120 valence electrons. The second-order valence-corrected chi connectivity index (χ2v) is 5.97. The Morgan fingerprint density at radius 2 is 2.04 bits per heavy atom. The Labute approximate surface area is 141 Å². The molecule has 0 saturated heterocycles. The molecule has 0 aliphatic carbocycles. The first-order valence-corrected chi connectivity index (χ1v) is 7.96. The van der Waals surface area contributed by atoms with Gasteiger partial charge in [0.2, 0.25) is 11.0 Å². The van der Waals surface area contributed by atoms with Crippen molar-refractivity contribution in [3.05, 3.63) is 76.8 Å². The highest BCUT2D eigenvalue weighted by atomic mass is 32.1. The Bertz CT molecular complexity index is 864. The molecular formula is C17H13FN4OS. The molecule has 0 aliphatic rings. The molecule has 1 N–H and O–H groups in total. The van der Waals surface area contributed by atoms with Crippen molar-refractivity contribution in [3.63, 3.8) is 0 Å². The van der Waals surface area contributed by atoms with E-state index >= 15 is 0 Å². The van der Waals surface area contributed by atoms with Gasteiger partial charge < -0.3 is 0 Å². The Morgan fingerprint density at radius 3 is 2.83 bits per heavy atom. The smallest absolute Gasteiger partial charge is 0.250 e. The van der Waals surface area contributed by atoms with Crippen LogP contribution in [0.1, 0.15) is 16.1 Å². The molecule has 3 rings (SSSR count). The number of hydrogen-bond acceptors (Lipinski definition) is 5. The fourth-order valence-electron chi connectivity index (χ4n) is 1.99. The lowest BCUT2D eigenvalue weighted by atomic mass is 10.1.